The van der Waals surface area contributed by atoms with Crippen LogP contribution in [0.25, 0.3) is 11.1 Å². The summed E-state index contributed by atoms with van der Waals surface area (Å²) in [7, 11) is 0. The van der Waals surface area contributed by atoms with Gasteiger partial charge in [-0.3, -0.25) is 4.79 Å². The van der Waals surface area contributed by atoms with E-state index in [-0.39, 0.29) is 11.9 Å². The van der Waals surface area contributed by atoms with Crippen molar-refractivity contribution in [3.8, 4) is 0 Å². The van der Waals surface area contributed by atoms with Gasteiger partial charge in [-0.2, -0.15) is 0 Å². The van der Waals surface area contributed by atoms with Crippen molar-refractivity contribution in [2.45, 2.75) is 31.9 Å². The Morgan fingerprint density at radius 1 is 1.45 bits per heavy atom. The van der Waals surface area contributed by atoms with Crippen molar-refractivity contribution in [3.05, 3.63) is 29.7 Å². The Hall–Kier alpha value is -1.88. The van der Waals surface area contributed by atoms with E-state index in [1.54, 1.807) is 19.1 Å². The first kappa shape index (κ1) is 11.9. The number of hydrogen-bond acceptors (Lipinski definition) is 4. The van der Waals surface area contributed by atoms with Crippen molar-refractivity contribution < 1.29 is 13.9 Å². The number of amides is 1. The third-order valence-corrected chi connectivity index (χ3v) is 4.34. The summed E-state index contributed by atoms with van der Waals surface area (Å²) in [6.45, 7) is 2.62. The smallest absolute Gasteiger partial charge is 0.251 e. The molecule has 2 aliphatic rings. The summed E-state index contributed by atoms with van der Waals surface area (Å²) < 4.78 is 11.0. The van der Waals surface area contributed by atoms with Crippen molar-refractivity contribution in [1.82, 2.24) is 10.3 Å². The minimum atomic E-state index is -0.0451. The molecule has 104 valence electrons. The number of fused-ring (bicyclic) bond motifs is 2. The van der Waals surface area contributed by atoms with Gasteiger partial charge < -0.3 is 14.5 Å². The quantitative estimate of drug-likeness (QED) is 0.908. The molecule has 1 N–H and O–H groups in total. The van der Waals surface area contributed by atoms with Gasteiger partial charge in [0.1, 0.15) is 5.52 Å². The minimum Gasteiger partial charge on any atom is -0.441 e. The largest absolute Gasteiger partial charge is 0.441 e. The van der Waals surface area contributed by atoms with E-state index < -0.39 is 0 Å². The number of hydrogen-bond donors (Lipinski definition) is 1. The fourth-order valence-corrected chi connectivity index (χ4v) is 3.20. The number of benzene rings is 1. The highest BCUT2D eigenvalue weighted by molar-refractivity contribution is 5.97. The first-order valence-electron chi connectivity index (χ1n) is 7.00. The molecule has 20 heavy (non-hydrogen) atoms. The lowest BCUT2D eigenvalue weighted by Crippen LogP contribution is -2.53. The van der Waals surface area contributed by atoms with Gasteiger partial charge in [0.05, 0.1) is 6.10 Å². The molecule has 0 spiro atoms. The van der Waals surface area contributed by atoms with E-state index in [9.17, 15) is 4.79 Å². The standard InChI is InChI=1S/C15H16N2O3/c1-8-16-11-3-2-9(6-14(11)20-8)15(18)17-12-7-13-10(12)4-5-19-13/h2-3,6,10,12-13H,4-5,7H2,1H3,(H,17,18)/t10-,12+,13+/m1/s1. The molecule has 4 rings (SSSR count). The molecule has 1 aliphatic carbocycles. The maximum absolute atomic E-state index is 12.3. The number of rotatable bonds is 2. The summed E-state index contributed by atoms with van der Waals surface area (Å²) in [6.07, 6.45) is 2.34. The summed E-state index contributed by atoms with van der Waals surface area (Å²) in [5.74, 6) is 1.06. The third-order valence-electron chi connectivity index (χ3n) is 4.34. The molecule has 1 amide bonds. The summed E-state index contributed by atoms with van der Waals surface area (Å²) in [4.78, 5) is 16.5. The lowest BCUT2D eigenvalue weighted by atomic mass is 9.76. The number of aryl methyl sites for hydroxylation is 1. The molecule has 2 aromatic rings. The minimum absolute atomic E-state index is 0.0451. The van der Waals surface area contributed by atoms with E-state index in [0.29, 0.717) is 29.1 Å². The molecular weight excluding hydrogens is 256 g/mol. The lowest BCUT2D eigenvalue weighted by molar-refractivity contribution is 0.00810. The number of ether oxygens (including phenoxy) is 1. The van der Waals surface area contributed by atoms with Gasteiger partial charge in [0, 0.05) is 31.1 Å². The van der Waals surface area contributed by atoms with E-state index in [2.05, 4.69) is 10.3 Å². The predicted octanol–water partition coefficient (Wildman–Crippen LogP) is 2.04. The number of nitrogens with one attached hydrogen (secondary N) is 1. The number of carbonyl (C=O) groups is 1. The summed E-state index contributed by atoms with van der Waals surface area (Å²) in [5.41, 5.74) is 2.06. The topological polar surface area (TPSA) is 64.4 Å². The van der Waals surface area contributed by atoms with Gasteiger partial charge in [0.15, 0.2) is 11.5 Å². The number of nitrogens with zero attached hydrogens (tertiary/aromatic N) is 1. The van der Waals surface area contributed by atoms with Gasteiger partial charge in [0.25, 0.3) is 5.91 Å². The normalized spacial score (nSPS) is 28.1. The van der Waals surface area contributed by atoms with Crippen LogP contribution in [0.1, 0.15) is 29.1 Å². The Bertz CT molecular complexity index is 679. The van der Waals surface area contributed by atoms with Crippen LogP contribution < -0.4 is 5.32 Å². The monoisotopic (exact) mass is 272 g/mol. The second-order valence-corrected chi connectivity index (χ2v) is 5.59. The molecule has 2 fully saturated rings. The predicted molar refractivity (Wildman–Crippen MR) is 72.5 cm³/mol. The second kappa shape index (κ2) is 4.31. The Morgan fingerprint density at radius 3 is 3.20 bits per heavy atom. The van der Waals surface area contributed by atoms with Gasteiger partial charge in [0.2, 0.25) is 0 Å². The van der Waals surface area contributed by atoms with E-state index >= 15 is 0 Å². The maximum atomic E-state index is 12.3. The molecule has 0 bridgehead atoms. The summed E-state index contributed by atoms with van der Waals surface area (Å²) >= 11 is 0. The second-order valence-electron chi connectivity index (χ2n) is 5.59. The number of aromatic nitrogens is 1. The first-order chi connectivity index (χ1) is 9.70. The van der Waals surface area contributed by atoms with Crippen LogP contribution in [-0.4, -0.2) is 29.6 Å². The summed E-state index contributed by atoms with van der Waals surface area (Å²) in [5, 5.41) is 3.09. The van der Waals surface area contributed by atoms with Crippen LogP contribution >= 0.6 is 0 Å². The molecule has 3 atom stereocenters. The van der Waals surface area contributed by atoms with E-state index in [1.807, 2.05) is 6.07 Å². The molecular formula is C15H16N2O3. The van der Waals surface area contributed by atoms with Gasteiger partial charge >= 0.3 is 0 Å². The van der Waals surface area contributed by atoms with Crippen LogP contribution in [0.4, 0.5) is 0 Å². The van der Waals surface area contributed by atoms with Crippen LogP contribution in [0.15, 0.2) is 22.6 Å². The highest BCUT2D eigenvalue weighted by Gasteiger charge is 2.45. The molecule has 1 aliphatic heterocycles. The van der Waals surface area contributed by atoms with Crippen molar-refractivity contribution in [2.24, 2.45) is 5.92 Å². The molecule has 2 heterocycles. The molecule has 1 saturated heterocycles. The molecule has 1 aromatic carbocycles. The summed E-state index contributed by atoms with van der Waals surface area (Å²) in [6, 6.07) is 5.62. The Kier molecular flexibility index (Phi) is 2.57. The molecule has 1 saturated carbocycles. The van der Waals surface area contributed by atoms with Gasteiger partial charge in [-0.15, -0.1) is 0 Å². The van der Waals surface area contributed by atoms with E-state index in [0.717, 1.165) is 25.0 Å². The van der Waals surface area contributed by atoms with Crippen LogP contribution in [0, 0.1) is 12.8 Å². The molecule has 0 radical (unpaired) electrons. The Morgan fingerprint density at radius 2 is 2.35 bits per heavy atom. The third kappa shape index (κ3) is 1.81. The van der Waals surface area contributed by atoms with Crippen LogP contribution in [0.5, 0.6) is 0 Å². The fraction of sp³-hybridized carbons (Fsp3) is 0.467. The van der Waals surface area contributed by atoms with Crippen molar-refractivity contribution >= 4 is 17.0 Å². The Balaban J connectivity index is 1.51. The molecule has 5 nitrogen and oxygen atoms in total. The van der Waals surface area contributed by atoms with Gasteiger partial charge in [-0.1, -0.05) is 0 Å². The van der Waals surface area contributed by atoms with Crippen LogP contribution in [-0.2, 0) is 4.74 Å². The zero-order valence-electron chi connectivity index (χ0n) is 11.3. The first-order valence-corrected chi connectivity index (χ1v) is 7.00. The van der Waals surface area contributed by atoms with Crippen molar-refractivity contribution in [3.63, 3.8) is 0 Å². The van der Waals surface area contributed by atoms with E-state index in [4.69, 9.17) is 9.15 Å². The molecule has 5 heteroatoms. The zero-order chi connectivity index (χ0) is 13.7. The van der Waals surface area contributed by atoms with Crippen molar-refractivity contribution in [1.29, 1.82) is 0 Å². The molecule has 0 unspecified atom stereocenters. The highest BCUT2D eigenvalue weighted by Crippen LogP contribution is 2.38. The maximum Gasteiger partial charge on any atom is 0.251 e. The average molecular weight is 272 g/mol. The van der Waals surface area contributed by atoms with Crippen LogP contribution in [0.2, 0.25) is 0 Å². The van der Waals surface area contributed by atoms with E-state index in [1.165, 1.54) is 0 Å². The number of oxazole rings is 1. The zero-order valence-corrected chi connectivity index (χ0v) is 11.3. The lowest BCUT2D eigenvalue weighted by Gasteiger charge is -2.39. The Labute approximate surface area is 116 Å². The fourth-order valence-electron chi connectivity index (χ4n) is 3.20. The SMILES string of the molecule is Cc1nc2ccc(C(=O)N[C@H]3C[C@@H]4OCC[C@H]34)cc2o1. The van der Waals surface area contributed by atoms with Crippen molar-refractivity contribution in [2.75, 3.05) is 6.61 Å². The number of carbonyl (C=O) groups excluding carboxylic acids is 1. The van der Waals surface area contributed by atoms with Gasteiger partial charge in [-0.25, -0.2) is 4.98 Å². The average Bonchev–Trinajstić information content (AvgIpc) is 2.96. The van der Waals surface area contributed by atoms with Crippen LogP contribution in [0.3, 0.4) is 0 Å². The van der Waals surface area contributed by atoms with Gasteiger partial charge in [-0.05, 0) is 31.0 Å². The highest BCUT2D eigenvalue weighted by atomic mass is 16.5. The molecule has 1 aromatic heterocycles.